The second-order valence-electron chi connectivity index (χ2n) is 5.38. The molecule has 0 bridgehead atoms. The predicted molar refractivity (Wildman–Crippen MR) is 72.6 cm³/mol. The van der Waals surface area contributed by atoms with Crippen LogP contribution in [0, 0.1) is 5.92 Å². The molecule has 0 aliphatic heterocycles. The molecule has 1 aromatic carbocycles. The van der Waals surface area contributed by atoms with E-state index in [2.05, 4.69) is 5.32 Å². The van der Waals surface area contributed by atoms with Gasteiger partial charge in [-0.3, -0.25) is 4.79 Å². The Bertz CT molecular complexity index is 413. The minimum atomic E-state index is -1.06. The van der Waals surface area contributed by atoms with E-state index in [1.54, 1.807) is 6.92 Å². The molecule has 1 aliphatic carbocycles. The molecular formula is C15H21NO3. The number of carbonyl (C=O) groups is 1. The van der Waals surface area contributed by atoms with Crippen molar-refractivity contribution in [1.29, 1.82) is 0 Å². The van der Waals surface area contributed by atoms with E-state index in [0.717, 1.165) is 5.56 Å². The monoisotopic (exact) mass is 263 g/mol. The second-order valence-corrected chi connectivity index (χ2v) is 5.38. The molecule has 1 unspecified atom stereocenters. The van der Waals surface area contributed by atoms with Crippen molar-refractivity contribution in [3.8, 4) is 0 Å². The highest BCUT2D eigenvalue weighted by Crippen LogP contribution is 2.28. The van der Waals surface area contributed by atoms with Crippen molar-refractivity contribution in [2.24, 2.45) is 5.92 Å². The first-order valence-corrected chi connectivity index (χ1v) is 6.70. The molecule has 1 aromatic rings. The summed E-state index contributed by atoms with van der Waals surface area (Å²) >= 11 is 0. The first kappa shape index (κ1) is 14.0. The predicted octanol–water partition coefficient (Wildman–Crippen LogP) is 1.44. The Balaban J connectivity index is 1.72. The van der Waals surface area contributed by atoms with Gasteiger partial charge in [-0.15, -0.1) is 0 Å². The minimum absolute atomic E-state index is 0.0708. The van der Waals surface area contributed by atoms with Gasteiger partial charge in [-0.2, -0.15) is 0 Å². The van der Waals surface area contributed by atoms with E-state index >= 15 is 0 Å². The van der Waals surface area contributed by atoms with Crippen molar-refractivity contribution in [2.45, 2.75) is 25.4 Å². The Kier molecular flexibility index (Phi) is 4.56. The van der Waals surface area contributed by atoms with Crippen LogP contribution in [-0.4, -0.2) is 30.8 Å². The standard InChI is InChI=1S/C15H21NO3/c1-15(18,13-5-3-2-4-6-13)11-16-14(17)10-19-9-12-7-8-12/h2-6,12,18H,7-11H2,1H3,(H,16,17). The number of aliphatic hydroxyl groups is 1. The molecule has 1 amide bonds. The average Bonchev–Trinajstić information content (AvgIpc) is 3.22. The van der Waals surface area contributed by atoms with Crippen molar-refractivity contribution < 1.29 is 14.6 Å². The molecule has 1 saturated carbocycles. The summed E-state index contributed by atoms with van der Waals surface area (Å²) in [5.74, 6) is 0.470. The molecule has 2 N–H and O–H groups in total. The molecule has 1 atom stereocenters. The van der Waals surface area contributed by atoms with Crippen LogP contribution < -0.4 is 5.32 Å². The highest BCUT2D eigenvalue weighted by Gasteiger charge is 2.24. The highest BCUT2D eigenvalue weighted by molar-refractivity contribution is 5.77. The van der Waals surface area contributed by atoms with Crippen LogP contribution >= 0.6 is 0 Å². The van der Waals surface area contributed by atoms with E-state index in [-0.39, 0.29) is 19.1 Å². The van der Waals surface area contributed by atoms with E-state index in [9.17, 15) is 9.90 Å². The van der Waals surface area contributed by atoms with Crippen LogP contribution in [-0.2, 0) is 15.1 Å². The molecule has 0 heterocycles. The van der Waals surface area contributed by atoms with Crippen LogP contribution in [0.5, 0.6) is 0 Å². The van der Waals surface area contributed by atoms with Crippen LogP contribution in [0.2, 0.25) is 0 Å². The van der Waals surface area contributed by atoms with Crippen LogP contribution in [0.15, 0.2) is 30.3 Å². The van der Waals surface area contributed by atoms with Gasteiger partial charge in [0, 0.05) is 0 Å². The third kappa shape index (κ3) is 4.65. The van der Waals surface area contributed by atoms with E-state index < -0.39 is 5.60 Å². The van der Waals surface area contributed by atoms with Gasteiger partial charge >= 0.3 is 0 Å². The third-order valence-electron chi connectivity index (χ3n) is 3.31. The topological polar surface area (TPSA) is 58.6 Å². The van der Waals surface area contributed by atoms with Gasteiger partial charge in [-0.1, -0.05) is 30.3 Å². The quantitative estimate of drug-likeness (QED) is 0.782. The Morgan fingerprint density at radius 2 is 2.11 bits per heavy atom. The lowest BCUT2D eigenvalue weighted by atomic mass is 9.96. The molecule has 0 saturated heterocycles. The van der Waals surface area contributed by atoms with E-state index in [1.807, 2.05) is 30.3 Å². The molecule has 2 rings (SSSR count). The Hall–Kier alpha value is -1.39. The Morgan fingerprint density at radius 3 is 2.74 bits per heavy atom. The van der Waals surface area contributed by atoms with E-state index in [1.165, 1.54) is 12.8 Å². The van der Waals surface area contributed by atoms with Gasteiger partial charge in [-0.25, -0.2) is 0 Å². The summed E-state index contributed by atoms with van der Waals surface area (Å²) in [4.78, 5) is 11.6. The molecule has 0 spiro atoms. The largest absolute Gasteiger partial charge is 0.384 e. The smallest absolute Gasteiger partial charge is 0.246 e. The maximum atomic E-state index is 11.6. The number of amides is 1. The molecule has 1 aliphatic rings. The van der Waals surface area contributed by atoms with Crippen molar-refractivity contribution in [3.63, 3.8) is 0 Å². The lowest BCUT2D eigenvalue weighted by Gasteiger charge is -2.24. The first-order chi connectivity index (χ1) is 9.08. The zero-order valence-electron chi connectivity index (χ0n) is 11.3. The number of rotatable bonds is 7. The fourth-order valence-corrected chi connectivity index (χ4v) is 1.82. The average molecular weight is 263 g/mol. The van der Waals surface area contributed by atoms with Gasteiger partial charge < -0.3 is 15.2 Å². The summed E-state index contributed by atoms with van der Waals surface area (Å²) in [5.41, 5.74) is -0.276. The van der Waals surface area contributed by atoms with Gasteiger partial charge in [0.15, 0.2) is 0 Å². The molecule has 4 nitrogen and oxygen atoms in total. The molecule has 19 heavy (non-hydrogen) atoms. The summed E-state index contributed by atoms with van der Waals surface area (Å²) in [6.07, 6.45) is 2.43. The fourth-order valence-electron chi connectivity index (χ4n) is 1.82. The van der Waals surface area contributed by atoms with Crippen LogP contribution in [0.1, 0.15) is 25.3 Å². The Labute approximate surface area is 113 Å². The Morgan fingerprint density at radius 1 is 1.42 bits per heavy atom. The van der Waals surface area contributed by atoms with Gasteiger partial charge in [0.05, 0.1) is 13.2 Å². The highest BCUT2D eigenvalue weighted by atomic mass is 16.5. The number of ether oxygens (including phenoxy) is 1. The molecule has 1 fully saturated rings. The summed E-state index contributed by atoms with van der Waals surface area (Å²) < 4.78 is 5.30. The maximum Gasteiger partial charge on any atom is 0.246 e. The normalized spacial score (nSPS) is 17.8. The van der Waals surface area contributed by atoms with Gasteiger partial charge in [0.1, 0.15) is 12.2 Å². The van der Waals surface area contributed by atoms with Gasteiger partial charge in [0.25, 0.3) is 0 Å². The number of hydrogen-bond donors (Lipinski definition) is 2. The lowest BCUT2D eigenvalue weighted by molar-refractivity contribution is -0.127. The summed E-state index contributed by atoms with van der Waals surface area (Å²) in [5, 5.41) is 13.0. The first-order valence-electron chi connectivity index (χ1n) is 6.70. The van der Waals surface area contributed by atoms with E-state index in [4.69, 9.17) is 4.74 Å². The third-order valence-corrected chi connectivity index (χ3v) is 3.31. The molecule has 0 radical (unpaired) electrons. The lowest BCUT2D eigenvalue weighted by Crippen LogP contribution is -2.40. The van der Waals surface area contributed by atoms with Gasteiger partial charge in [0.2, 0.25) is 5.91 Å². The van der Waals surface area contributed by atoms with E-state index in [0.29, 0.717) is 12.5 Å². The van der Waals surface area contributed by atoms with Crippen LogP contribution in [0.25, 0.3) is 0 Å². The SMILES string of the molecule is CC(O)(CNC(=O)COCC1CC1)c1ccccc1. The van der Waals surface area contributed by atoms with Crippen molar-refractivity contribution in [1.82, 2.24) is 5.32 Å². The molecular weight excluding hydrogens is 242 g/mol. The maximum absolute atomic E-state index is 11.6. The number of hydrogen-bond acceptors (Lipinski definition) is 3. The molecule has 104 valence electrons. The van der Waals surface area contributed by atoms with Crippen molar-refractivity contribution in [2.75, 3.05) is 19.8 Å². The number of carbonyl (C=O) groups excluding carboxylic acids is 1. The molecule has 4 heteroatoms. The minimum Gasteiger partial charge on any atom is -0.384 e. The summed E-state index contributed by atoms with van der Waals surface area (Å²) in [7, 11) is 0. The van der Waals surface area contributed by atoms with Crippen molar-refractivity contribution in [3.05, 3.63) is 35.9 Å². The van der Waals surface area contributed by atoms with Crippen LogP contribution in [0.4, 0.5) is 0 Å². The number of nitrogens with one attached hydrogen (secondary N) is 1. The number of benzene rings is 1. The zero-order valence-corrected chi connectivity index (χ0v) is 11.3. The summed E-state index contributed by atoms with van der Waals surface area (Å²) in [6.45, 7) is 2.61. The van der Waals surface area contributed by atoms with Gasteiger partial charge in [-0.05, 0) is 31.2 Å². The summed E-state index contributed by atoms with van der Waals surface area (Å²) in [6, 6.07) is 9.31. The van der Waals surface area contributed by atoms with Crippen molar-refractivity contribution >= 4 is 5.91 Å². The van der Waals surface area contributed by atoms with Crippen LogP contribution in [0.3, 0.4) is 0 Å². The molecule has 0 aromatic heterocycles. The zero-order chi connectivity index (χ0) is 13.7. The fraction of sp³-hybridized carbons (Fsp3) is 0.533. The second kappa shape index (κ2) is 6.17.